The van der Waals surface area contributed by atoms with Crippen LogP contribution in [0.1, 0.15) is 13.8 Å². The molecular weight excluding hydrogens is 378 g/mol. The number of amidine groups is 1. The summed E-state index contributed by atoms with van der Waals surface area (Å²) in [4.78, 5) is 13.6. The second-order valence-corrected chi connectivity index (χ2v) is 8.97. The molecule has 1 atom stereocenters. The van der Waals surface area contributed by atoms with Gasteiger partial charge in [0.2, 0.25) is 10.0 Å². The van der Waals surface area contributed by atoms with E-state index in [0.29, 0.717) is 43.4 Å². The van der Waals surface area contributed by atoms with Crippen LogP contribution in [-0.2, 0) is 10.0 Å². The SMILES string of the molecule is CCOc1ccc(S(=O)(=O)N2CCN(C3=CC4=NC(C)CN4C=N3)CC2)cc1. The Morgan fingerprint density at radius 1 is 1.14 bits per heavy atom. The predicted molar refractivity (Wildman–Crippen MR) is 108 cm³/mol. The van der Waals surface area contributed by atoms with E-state index in [1.165, 1.54) is 4.31 Å². The van der Waals surface area contributed by atoms with Gasteiger partial charge >= 0.3 is 0 Å². The molecule has 1 aromatic carbocycles. The minimum Gasteiger partial charge on any atom is -0.494 e. The minimum atomic E-state index is -3.51. The lowest BCUT2D eigenvalue weighted by Crippen LogP contribution is -2.48. The highest BCUT2D eigenvalue weighted by Gasteiger charge is 2.30. The topological polar surface area (TPSA) is 77.8 Å². The monoisotopic (exact) mass is 403 g/mol. The first kappa shape index (κ1) is 18.9. The molecule has 0 spiro atoms. The second kappa shape index (κ2) is 7.56. The third kappa shape index (κ3) is 3.64. The number of hydrogen-bond donors (Lipinski definition) is 0. The maximum atomic E-state index is 12.9. The maximum absolute atomic E-state index is 12.9. The molecule has 28 heavy (non-hydrogen) atoms. The maximum Gasteiger partial charge on any atom is 0.243 e. The lowest BCUT2D eigenvalue weighted by Gasteiger charge is -2.36. The van der Waals surface area contributed by atoms with Crippen LogP contribution in [0.25, 0.3) is 0 Å². The van der Waals surface area contributed by atoms with Crippen molar-refractivity contribution in [1.82, 2.24) is 14.1 Å². The largest absolute Gasteiger partial charge is 0.494 e. The summed E-state index contributed by atoms with van der Waals surface area (Å²) in [5, 5.41) is 0. The van der Waals surface area contributed by atoms with Crippen molar-refractivity contribution in [2.75, 3.05) is 39.3 Å². The number of fused-ring (bicyclic) bond motifs is 1. The fraction of sp³-hybridized carbons (Fsp3) is 0.474. The average Bonchev–Trinajstić information content (AvgIpc) is 3.08. The first-order valence-corrected chi connectivity index (χ1v) is 11.0. The van der Waals surface area contributed by atoms with E-state index < -0.39 is 10.0 Å². The van der Waals surface area contributed by atoms with Crippen LogP contribution in [0.4, 0.5) is 0 Å². The zero-order valence-corrected chi connectivity index (χ0v) is 17.0. The number of aliphatic imine (C=N–C) groups is 2. The highest BCUT2D eigenvalue weighted by atomic mass is 32.2. The Kier molecular flexibility index (Phi) is 5.11. The van der Waals surface area contributed by atoms with Crippen molar-refractivity contribution in [1.29, 1.82) is 0 Å². The molecule has 0 aromatic heterocycles. The molecule has 0 amide bonds. The molecule has 1 aromatic rings. The number of sulfonamides is 1. The summed E-state index contributed by atoms with van der Waals surface area (Å²) >= 11 is 0. The second-order valence-electron chi connectivity index (χ2n) is 7.03. The molecule has 0 N–H and O–H groups in total. The zero-order valence-electron chi connectivity index (χ0n) is 16.2. The number of nitrogens with zero attached hydrogens (tertiary/aromatic N) is 5. The van der Waals surface area contributed by atoms with Gasteiger partial charge in [-0.05, 0) is 38.1 Å². The van der Waals surface area contributed by atoms with Gasteiger partial charge in [0.25, 0.3) is 0 Å². The summed E-state index contributed by atoms with van der Waals surface area (Å²) in [7, 11) is -3.51. The Hall–Kier alpha value is -2.39. The van der Waals surface area contributed by atoms with Crippen LogP contribution >= 0.6 is 0 Å². The molecule has 1 saturated heterocycles. The van der Waals surface area contributed by atoms with Gasteiger partial charge in [-0.3, -0.25) is 4.99 Å². The number of benzene rings is 1. The molecule has 0 radical (unpaired) electrons. The van der Waals surface area contributed by atoms with Gasteiger partial charge in [-0.25, -0.2) is 13.4 Å². The van der Waals surface area contributed by atoms with Crippen LogP contribution in [0, 0.1) is 0 Å². The molecule has 150 valence electrons. The fourth-order valence-corrected chi connectivity index (χ4v) is 5.00. The molecule has 3 aliphatic heterocycles. The van der Waals surface area contributed by atoms with Gasteiger partial charge in [0.05, 0.1) is 23.9 Å². The van der Waals surface area contributed by atoms with Gasteiger partial charge < -0.3 is 14.5 Å². The first-order valence-electron chi connectivity index (χ1n) is 9.55. The van der Waals surface area contributed by atoms with E-state index in [0.717, 1.165) is 18.2 Å². The molecule has 8 nitrogen and oxygen atoms in total. The standard InChI is InChI=1S/C19H25N5O3S/c1-3-27-16-4-6-17(7-5-16)28(25,26)24-10-8-22(9-11-24)18-12-19-21-15(2)13-23(19)14-20-18/h4-7,12,14-15H,3,8-11,13H2,1-2H3. The van der Waals surface area contributed by atoms with Crippen LogP contribution in [-0.4, -0.2) is 80.1 Å². The average molecular weight is 404 g/mol. The Balaban J connectivity index is 1.42. The Morgan fingerprint density at radius 3 is 2.54 bits per heavy atom. The van der Waals surface area contributed by atoms with Crippen molar-refractivity contribution in [2.24, 2.45) is 9.98 Å². The molecule has 9 heteroatoms. The predicted octanol–water partition coefficient (Wildman–Crippen LogP) is 1.38. The number of ether oxygens (including phenoxy) is 1. The molecular formula is C19H25N5O3S. The number of hydrogen-bond acceptors (Lipinski definition) is 7. The summed E-state index contributed by atoms with van der Waals surface area (Å²) < 4.78 is 32.8. The van der Waals surface area contributed by atoms with Crippen LogP contribution in [0.15, 0.2) is 51.0 Å². The molecule has 0 saturated carbocycles. The molecule has 0 bridgehead atoms. The Morgan fingerprint density at radius 2 is 1.86 bits per heavy atom. The Labute approximate surface area is 165 Å². The minimum absolute atomic E-state index is 0.271. The van der Waals surface area contributed by atoms with E-state index in [2.05, 4.69) is 21.8 Å². The molecule has 4 rings (SSSR count). The van der Waals surface area contributed by atoms with Crippen molar-refractivity contribution in [2.45, 2.75) is 24.8 Å². The van der Waals surface area contributed by atoms with Gasteiger partial charge in [-0.2, -0.15) is 4.31 Å². The molecule has 1 fully saturated rings. The van der Waals surface area contributed by atoms with Crippen molar-refractivity contribution < 1.29 is 13.2 Å². The van der Waals surface area contributed by atoms with Gasteiger partial charge in [0.15, 0.2) is 0 Å². The van der Waals surface area contributed by atoms with Crippen LogP contribution < -0.4 is 4.74 Å². The third-order valence-electron chi connectivity index (χ3n) is 5.03. The summed E-state index contributed by atoms with van der Waals surface area (Å²) in [6, 6.07) is 6.88. The van der Waals surface area contributed by atoms with E-state index in [4.69, 9.17) is 4.74 Å². The van der Waals surface area contributed by atoms with E-state index >= 15 is 0 Å². The summed E-state index contributed by atoms with van der Waals surface area (Å²) in [5.41, 5.74) is 0. The van der Waals surface area contributed by atoms with Crippen molar-refractivity contribution in [3.63, 3.8) is 0 Å². The van der Waals surface area contributed by atoms with Gasteiger partial charge in [0.1, 0.15) is 17.4 Å². The molecule has 3 heterocycles. The molecule has 3 aliphatic rings. The number of rotatable bonds is 5. The Bertz CT molecular complexity index is 915. The summed E-state index contributed by atoms with van der Waals surface area (Å²) in [6.45, 7) is 7.44. The van der Waals surface area contributed by atoms with Crippen molar-refractivity contribution >= 4 is 22.2 Å². The molecule has 1 unspecified atom stereocenters. The van der Waals surface area contributed by atoms with Gasteiger partial charge in [-0.1, -0.05) is 0 Å². The fourth-order valence-electron chi connectivity index (χ4n) is 3.58. The van der Waals surface area contributed by atoms with E-state index in [1.54, 1.807) is 24.3 Å². The van der Waals surface area contributed by atoms with Gasteiger partial charge in [-0.15, -0.1) is 0 Å². The summed E-state index contributed by atoms with van der Waals surface area (Å²) in [5.74, 6) is 2.45. The number of piperazine rings is 1. The highest BCUT2D eigenvalue weighted by molar-refractivity contribution is 7.89. The zero-order chi connectivity index (χ0) is 19.7. The normalized spacial score (nSPS) is 22.7. The summed E-state index contributed by atoms with van der Waals surface area (Å²) in [6.07, 6.45) is 3.81. The van der Waals surface area contributed by atoms with Crippen LogP contribution in [0.3, 0.4) is 0 Å². The van der Waals surface area contributed by atoms with E-state index in [-0.39, 0.29) is 6.04 Å². The van der Waals surface area contributed by atoms with Gasteiger partial charge in [0, 0.05) is 38.8 Å². The first-order chi connectivity index (χ1) is 13.5. The smallest absolute Gasteiger partial charge is 0.243 e. The van der Waals surface area contributed by atoms with Crippen molar-refractivity contribution in [3.8, 4) is 5.75 Å². The van der Waals surface area contributed by atoms with Crippen molar-refractivity contribution in [3.05, 3.63) is 36.2 Å². The third-order valence-corrected chi connectivity index (χ3v) is 6.94. The molecule has 0 aliphatic carbocycles. The lowest BCUT2D eigenvalue weighted by atomic mass is 10.3. The van der Waals surface area contributed by atoms with E-state index in [9.17, 15) is 8.42 Å². The highest BCUT2D eigenvalue weighted by Crippen LogP contribution is 2.23. The quantitative estimate of drug-likeness (QED) is 0.742. The van der Waals surface area contributed by atoms with E-state index in [1.807, 2.05) is 24.2 Å². The van der Waals surface area contributed by atoms with Crippen LogP contribution in [0.5, 0.6) is 5.75 Å². The van der Waals surface area contributed by atoms with Crippen LogP contribution in [0.2, 0.25) is 0 Å². The lowest BCUT2D eigenvalue weighted by molar-refractivity contribution is 0.227.